The number of carbonyl (C=O) groups is 1. The molecule has 3 rings (SSSR count). The monoisotopic (exact) mass is 557 g/mol. The third-order valence-corrected chi connectivity index (χ3v) is 6.49. The lowest BCUT2D eigenvalue weighted by atomic mass is 9.85. The zero-order chi connectivity index (χ0) is 22.3. The molecule has 1 aliphatic carbocycles. The molecule has 0 bridgehead atoms. The predicted molar refractivity (Wildman–Crippen MR) is 140 cm³/mol. The summed E-state index contributed by atoms with van der Waals surface area (Å²) in [5.74, 6) is 0.846. The van der Waals surface area contributed by atoms with Crippen molar-refractivity contribution in [3.05, 3.63) is 35.4 Å². The highest BCUT2D eigenvalue weighted by molar-refractivity contribution is 14.0. The highest BCUT2D eigenvalue weighted by Crippen LogP contribution is 2.39. The molecule has 0 saturated heterocycles. The van der Waals surface area contributed by atoms with E-state index in [1.165, 1.54) is 11.1 Å². The number of fused-ring (bicyclic) bond motifs is 1. The molecule has 3 N–H and O–H groups in total. The molecule has 8 heteroatoms. The first kappa shape index (κ1) is 26.9. The second-order valence-corrected chi connectivity index (χ2v) is 9.17. The number of nitrogens with one attached hydrogen (secondary N) is 2. The van der Waals surface area contributed by atoms with Crippen LogP contribution in [0.1, 0.15) is 43.7 Å². The molecule has 32 heavy (non-hydrogen) atoms. The van der Waals surface area contributed by atoms with Crippen molar-refractivity contribution < 1.29 is 9.90 Å². The Morgan fingerprint density at radius 3 is 2.56 bits per heavy atom. The van der Waals surface area contributed by atoms with Gasteiger partial charge in [-0.1, -0.05) is 37.1 Å². The Labute approximate surface area is 210 Å². The topological polar surface area (TPSA) is 80.2 Å². The third-order valence-electron chi connectivity index (χ3n) is 6.49. The summed E-state index contributed by atoms with van der Waals surface area (Å²) in [6.07, 6.45) is 4.49. The van der Waals surface area contributed by atoms with Crippen LogP contribution in [0.2, 0.25) is 0 Å². The van der Waals surface area contributed by atoms with E-state index >= 15 is 0 Å². The molecule has 1 aromatic rings. The van der Waals surface area contributed by atoms with Crippen LogP contribution in [0.15, 0.2) is 29.3 Å². The molecule has 0 aromatic heterocycles. The fraction of sp³-hybridized carbons (Fsp3) is 0.667. The summed E-state index contributed by atoms with van der Waals surface area (Å²) in [5, 5.41) is 17.1. The standard InChI is InChI=1S/C24H39N5O2.HI/c1-4-25-23(27-18-24(12-7-8-13-24)22(31)28(2)3)26-15-21(30)17-29-14-11-19-9-5-6-10-20(19)16-29;/h5-6,9-10,21,30H,4,7-8,11-18H2,1-3H3,(H2,25,26,27);1H. The van der Waals surface area contributed by atoms with E-state index in [2.05, 4.69) is 39.8 Å². The van der Waals surface area contributed by atoms with Crippen molar-refractivity contribution in [2.75, 3.05) is 46.8 Å². The number of aliphatic hydroxyl groups is 1. The second-order valence-electron chi connectivity index (χ2n) is 9.17. The van der Waals surface area contributed by atoms with Gasteiger partial charge in [0.1, 0.15) is 0 Å². The van der Waals surface area contributed by atoms with Gasteiger partial charge in [0.05, 0.1) is 18.1 Å². The first-order valence-electron chi connectivity index (χ1n) is 11.6. The van der Waals surface area contributed by atoms with Gasteiger partial charge in [0.2, 0.25) is 5.91 Å². The Morgan fingerprint density at radius 1 is 1.22 bits per heavy atom. The minimum Gasteiger partial charge on any atom is -0.390 e. The van der Waals surface area contributed by atoms with Crippen LogP contribution in [0.25, 0.3) is 0 Å². The first-order chi connectivity index (χ1) is 14.9. The van der Waals surface area contributed by atoms with Gasteiger partial charge < -0.3 is 20.6 Å². The maximum atomic E-state index is 12.8. The van der Waals surface area contributed by atoms with Crippen LogP contribution in [-0.2, 0) is 17.8 Å². The molecule has 1 amide bonds. The Bertz CT molecular complexity index is 765. The van der Waals surface area contributed by atoms with Crippen LogP contribution < -0.4 is 10.6 Å². The number of aliphatic hydroxyl groups excluding tert-OH is 1. The molecule has 1 unspecified atom stereocenters. The maximum absolute atomic E-state index is 12.8. The van der Waals surface area contributed by atoms with E-state index in [1.54, 1.807) is 4.90 Å². The quantitative estimate of drug-likeness (QED) is 0.260. The number of hydrogen-bond donors (Lipinski definition) is 3. The number of rotatable bonds is 8. The summed E-state index contributed by atoms with van der Waals surface area (Å²) in [5.41, 5.74) is 2.39. The fourth-order valence-corrected chi connectivity index (χ4v) is 4.82. The zero-order valence-electron chi connectivity index (χ0n) is 19.8. The van der Waals surface area contributed by atoms with E-state index in [9.17, 15) is 9.90 Å². The maximum Gasteiger partial charge on any atom is 0.230 e. The number of aliphatic imine (C=N–C) groups is 1. The van der Waals surface area contributed by atoms with E-state index in [4.69, 9.17) is 4.99 Å². The van der Waals surface area contributed by atoms with Gasteiger partial charge in [0.25, 0.3) is 0 Å². The molecule has 1 aliphatic heterocycles. The van der Waals surface area contributed by atoms with Crippen LogP contribution in [-0.4, -0.2) is 79.7 Å². The average molecular weight is 558 g/mol. The average Bonchev–Trinajstić information content (AvgIpc) is 3.25. The highest BCUT2D eigenvalue weighted by Gasteiger charge is 2.42. The van der Waals surface area contributed by atoms with E-state index < -0.39 is 6.10 Å². The number of benzene rings is 1. The molecular formula is C24H40IN5O2. The zero-order valence-corrected chi connectivity index (χ0v) is 22.1. The molecular weight excluding hydrogens is 517 g/mol. The molecule has 7 nitrogen and oxygen atoms in total. The van der Waals surface area contributed by atoms with Gasteiger partial charge in [-0.25, -0.2) is 0 Å². The van der Waals surface area contributed by atoms with Crippen LogP contribution in [0.5, 0.6) is 0 Å². The summed E-state index contributed by atoms with van der Waals surface area (Å²) >= 11 is 0. The lowest BCUT2D eigenvalue weighted by Crippen LogP contribution is -2.46. The number of nitrogens with zero attached hydrogens (tertiary/aromatic N) is 3. The summed E-state index contributed by atoms with van der Waals surface area (Å²) < 4.78 is 0. The fourth-order valence-electron chi connectivity index (χ4n) is 4.82. The molecule has 1 fully saturated rings. The van der Waals surface area contributed by atoms with Gasteiger partial charge in [-0.05, 0) is 37.3 Å². The van der Waals surface area contributed by atoms with Gasteiger partial charge in [-0.15, -0.1) is 24.0 Å². The normalized spacial score (nSPS) is 18.9. The van der Waals surface area contributed by atoms with Crippen molar-refractivity contribution in [2.45, 2.75) is 51.7 Å². The molecule has 1 saturated carbocycles. The predicted octanol–water partition coefficient (Wildman–Crippen LogP) is 2.23. The number of hydrogen-bond acceptors (Lipinski definition) is 4. The summed E-state index contributed by atoms with van der Waals surface area (Å²) in [6.45, 7) is 6.16. The van der Waals surface area contributed by atoms with Crippen LogP contribution in [0.4, 0.5) is 0 Å². The Hall–Kier alpha value is -1.39. The van der Waals surface area contributed by atoms with E-state index in [1.807, 2.05) is 21.0 Å². The number of halogens is 1. The van der Waals surface area contributed by atoms with E-state index in [0.29, 0.717) is 25.6 Å². The van der Waals surface area contributed by atoms with Crippen molar-refractivity contribution in [3.8, 4) is 0 Å². The van der Waals surface area contributed by atoms with E-state index in [0.717, 1.165) is 51.7 Å². The molecule has 1 atom stereocenters. The first-order valence-corrected chi connectivity index (χ1v) is 11.6. The Kier molecular flexibility index (Phi) is 10.7. The van der Waals surface area contributed by atoms with Crippen molar-refractivity contribution in [1.29, 1.82) is 0 Å². The van der Waals surface area contributed by atoms with Gasteiger partial charge in [-0.2, -0.15) is 0 Å². The van der Waals surface area contributed by atoms with Crippen molar-refractivity contribution >= 4 is 35.8 Å². The SMILES string of the molecule is CCNC(=NCC1(C(=O)N(C)C)CCCC1)NCC(O)CN1CCc2ccccc2C1.I. The number of β-amino-alcohol motifs (C(OH)–C–C–N with tert-alkyl or cyclic N) is 1. The summed E-state index contributed by atoms with van der Waals surface area (Å²) in [4.78, 5) is 21.5. The summed E-state index contributed by atoms with van der Waals surface area (Å²) in [7, 11) is 3.65. The number of guanidine groups is 1. The van der Waals surface area contributed by atoms with Gasteiger partial charge >= 0.3 is 0 Å². The van der Waals surface area contributed by atoms with Crippen LogP contribution in [0.3, 0.4) is 0 Å². The largest absolute Gasteiger partial charge is 0.390 e. The number of amides is 1. The van der Waals surface area contributed by atoms with Crippen molar-refractivity contribution in [3.63, 3.8) is 0 Å². The Morgan fingerprint density at radius 2 is 1.91 bits per heavy atom. The van der Waals surface area contributed by atoms with Crippen molar-refractivity contribution in [2.24, 2.45) is 10.4 Å². The summed E-state index contributed by atoms with van der Waals surface area (Å²) in [6, 6.07) is 8.55. The minimum absolute atomic E-state index is 0. The minimum atomic E-state index is -0.488. The molecule has 1 heterocycles. The smallest absolute Gasteiger partial charge is 0.230 e. The molecule has 180 valence electrons. The molecule has 0 spiro atoms. The van der Waals surface area contributed by atoms with Crippen LogP contribution >= 0.6 is 24.0 Å². The second kappa shape index (κ2) is 12.7. The van der Waals surface area contributed by atoms with Gasteiger partial charge in [-0.3, -0.25) is 14.7 Å². The van der Waals surface area contributed by atoms with E-state index in [-0.39, 0.29) is 35.3 Å². The lowest BCUT2D eigenvalue weighted by Gasteiger charge is -2.31. The Balaban J connectivity index is 0.00000363. The molecule has 1 aromatic carbocycles. The van der Waals surface area contributed by atoms with Gasteiger partial charge in [0.15, 0.2) is 5.96 Å². The third kappa shape index (κ3) is 7.05. The highest BCUT2D eigenvalue weighted by atomic mass is 127. The lowest BCUT2D eigenvalue weighted by molar-refractivity contribution is -0.138. The molecule has 2 aliphatic rings. The number of carbonyl (C=O) groups excluding carboxylic acids is 1. The van der Waals surface area contributed by atoms with Crippen LogP contribution in [0, 0.1) is 5.41 Å². The van der Waals surface area contributed by atoms with Crippen molar-refractivity contribution in [1.82, 2.24) is 20.4 Å². The van der Waals surface area contributed by atoms with Gasteiger partial charge in [0, 0.05) is 46.8 Å². The molecule has 0 radical (unpaired) electrons.